The van der Waals surface area contributed by atoms with Gasteiger partial charge in [-0.3, -0.25) is 0 Å². The highest BCUT2D eigenvalue weighted by atomic mass is 35.5. The SMILES string of the molecule is Cc1ccc(Nc2ccccc2)c(Cl)c1. The van der Waals surface area contributed by atoms with Gasteiger partial charge in [0, 0.05) is 5.69 Å². The van der Waals surface area contributed by atoms with Gasteiger partial charge in [0.25, 0.3) is 0 Å². The Kier molecular flexibility index (Phi) is 2.93. The zero-order valence-corrected chi connectivity index (χ0v) is 9.25. The van der Waals surface area contributed by atoms with Crippen molar-refractivity contribution in [3.63, 3.8) is 0 Å². The first-order valence-electron chi connectivity index (χ1n) is 4.84. The van der Waals surface area contributed by atoms with Crippen LogP contribution in [0.1, 0.15) is 5.56 Å². The van der Waals surface area contributed by atoms with Crippen molar-refractivity contribution in [2.75, 3.05) is 5.32 Å². The third-order valence-corrected chi connectivity index (χ3v) is 2.49. The number of halogens is 1. The fourth-order valence-corrected chi connectivity index (χ4v) is 1.68. The van der Waals surface area contributed by atoms with Crippen molar-refractivity contribution in [3.05, 3.63) is 59.1 Å². The molecule has 2 rings (SSSR count). The Morgan fingerprint density at radius 3 is 2.40 bits per heavy atom. The number of hydrogen-bond donors (Lipinski definition) is 1. The first kappa shape index (κ1) is 10.1. The summed E-state index contributed by atoms with van der Waals surface area (Å²) in [6.45, 7) is 2.03. The van der Waals surface area contributed by atoms with E-state index in [0.717, 1.165) is 16.4 Å². The van der Waals surface area contributed by atoms with E-state index in [1.165, 1.54) is 5.56 Å². The van der Waals surface area contributed by atoms with Crippen molar-refractivity contribution in [2.24, 2.45) is 0 Å². The second kappa shape index (κ2) is 4.37. The fraction of sp³-hybridized carbons (Fsp3) is 0.0769. The van der Waals surface area contributed by atoms with E-state index in [1.54, 1.807) is 0 Å². The van der Waals surface area contributed by atoms with E-state index in [4.69, 9.17) is 11.6 Å². The van der Waals surface area contributed by atoms with Crippen molar-refractivity contribution in [3.8, 4) is 0 Å². The maximum absolute atomic E-state index is 6.12. The predicted molar refractivity (Wildman–Crippen MR) is 65.9 cm³/mol. The molecule has 0 saturated heterocycles. The van der Waals surface area contributed by atoms with Gasteiger partial charge in [-0.2, -0.15) is 0 Å². The molecule has 2 aromatic carbocycles. The van der Waals surface area contributed by atoms with E-state index in [0.29, 0.717) is 0 Å². The van der Waals surface area contributed by atoms with Crippen molar-refractivity contribution < 1.29 is 0 Å². The van der Waals surface area contributed by atoms with Gasteiger partial charge in [-0.05, 0) is 36.8 Å². The van der Waals surface area contributed by atoms with Gasteiger partial charge in [-0.15, -0.1) is 0 Å². The molecule has 0 atom stereocenters. The van der Waals surface area contributed by atoms with Gasteiger partial charge in [-0.1, -0.05) is 35.9 Å². The molecule has 0 bridgehead atoms. The highest BCUT2D eigenvalue weighted by Crippen LogP contribution is 2.25. The van der Waals surface area contributed by atoms with Gasteiger partial charge in [0.1, 0.15) is 0 Å². The summed E-state index contributed by atoms with van der Waals surface area (Å²) in [6, 6.07) is 16.0. The van der Waals surface area contributed by atoms with E-state index in [-0.39, 0.29) is 0 Å². The van der Waals surface area contributed by atoms with Crippen LogP contribution in [0.25, 0.3) is 0 Å². The number of benzene rings is 2. The second-order valence-corrected chi connectivity index (χ2v) is 3.88. The van der Waals surface area contributed by atoms with Crippen LogP contribution in [-0.4, -0.2) is 0 Å². The summed E-state index contributed by atoms with van der Waals surface area (Å²) >= 11 is 6.12. The average molecular weight is 218 g/mol. The molecule has 0 spiro atoms. The van der Waals surface area contributed by atoms with Crippen molar-refractivity contribution in [2.45, 2.75) is 6.92 Å². The number of para-hydroxylation sites is 1. The minimum absolute atomic E-state index is 0.749. The molecule has 0 unspecified atom stereocenters. The van der Waals surface area contributed by atoms with Crippen LogP contribution in [0.15, 0.2) is 48.5 Å². The molecule has 1 N–H and O–H groups in total. The molecule has 0 amide bonds. The first-order chi connectivity index (χ1) is 7.25. The van der Waals surface area contributed by atoms with Crippen molar-refractivity contribution in [1.29, 1.82) is 0 Å². The molecule has 0 radical (unpaired) electrons. The molecule has 0 heterocycles. The van der Waals surface area contributed by atoms with Crippen molar-refractivity contribution >= 4 is 23.0 Å². The molecule has 15 heavy (non-hydrogen) atoms. The lowest BCUT2D eigenvalue weighted by Crippen LogP contribution is -1.90. The first-order valence-corrected chi connectivity index (χ1v) is 5.22. The summed E-state index contributed by atoms with van der Waals surface area (Å²) in [5, 5.41) is 4.02. The molecule has 0 aromatic heterocycles. The summed E-state index contributed by atoms with van der Waals surface area (Å²) in [5.41, 5.74) is 3.15. The summed E-state index contributed by atoms with van der Waals surface area (Å²) in [6.07, 6.45) is 0. The van der Waals surface area contributed by atoms with E-state index in [1.807, 2.05) is 55.5 Å². The van der Waals surface area contributed by atoms with E-state index >= 15 is 0 Å². The fourth-order valence-electron chi connectivity index (χ4n) is 1.40. The maximum atomic E-state index is 6.12. The Bertz CT molecular complexity index is 451. The lowest BCUT2D eigenvalue weighted by atomic mass is 10.2. The quantitative estimate of drug-likeness (QED) is 0.787. The summed E-state index contributed by atoms with van der Waals surface area (Å²) in [4.78, 5) is 0. The molecule has 2 heteroatoms. The number of nitrogens with one attached hydrogen (secondary N) is 1. The number of hydrogen-bond acceptors (Lipinski definition) is 1. The van der Waals surface area contributed by atoms with Gasteiger partial charge >= 0.3 is 0 Å². The van der Waals surface area contributed by atoms with Gasteiger partial charge in [-0.25, -0.2) is 0 Å². The molecular formula is C13H12ClN. The lowest BCUT2D eigenvalue weighted by Gasteiger charge is -2.08. The number of aryl methyl sites for hydroxylation is 1. The minimum atomic E-state index is 0.749. The van der Waals surface area contributed by atoms with Crippen LogP contribution in [0.4, 0.5) is 11.4 Å². The molecule has 0 fully saturated rings. The van der Waals surface area contributed by atoms with Gasteiger partial charge in [0.15, 0.2) is 0 Å². The minimum Gasteiger partial charge on any atom is -0.354 e. The van der Waals surface area contributed by atoms with Crippen LogP contribution >= 0.6 is 11.6 Å². The van der Waals surface area contributed by atoms with Gasteiger partial charge in [0.05, 0.1) is 10.7 Å². The molecule has 0 aliphatic rings. The van der Waals surface area contributed by atoms with Gasteiger partial charge in [0.2, 0.25) is 0 Å². The van der Waals surface area contributed by atoms with Crippen LogP contribution in [0.2, 0.25) is 5.02 Å². The molecule has 0 saturated carbocycles. The molecular weight excluding hydrogens is 206 g/mol. The highest BCUT2D eigenvalue weighted by Gasteiger charge is 1.99. The smallest absolute Gasteiger partial charge is 0.0643 e. The Morgan fingerprint density at radius 1 is 1.00 bits per heavy atom. The van der Waals surface area contributed by atoms with Crippen LogP contribution in [0, 0.1) is 6.92 Å². The molecule has 0 aliphatic heterocycles. The second-order valence-electron chi connectivity index (χ2n) is 3.47. The zero-order chi connectivity index (χ0) is 10.7. The molecule has 0 aliphatic carbocycles. The summed E-state index contributed by atoms with van der Waals surface area (Å²) in [5.74, 6) is 0. The third-order valence-electron chi connectivity index (χ3n) is 2.18. The van der Waals surface area contributed by atoms with Crippen LogP contribution < -0.4 is 5.32 Å². The van der Waals surface area contributed by atoms with Crippen LogP contribution in [-0.2, 0) is 0 Å². The number of rotatable bonds is 2. The molecule has 76 valence electrons. The van der Waals surface area contributed by atoms with E-state index in [9.17, 15) is 0 Å². The lowest BCUT2D eigenvalue weighted by molar-refractivity contribution is 1.45. The molecule has 1 nitrogen and oxygen atoms in total. The van der Waals surface area contributed by atoms with Crippen molar-refractivity contribution in [1.82, 2.24) is 0 Å². The Hall–Kier alpha value is -1.47. The van der Waals surface area contributed by atoms with E-state index in [2.05, 4.69) is 5.32 Å². The Labute approximate surface area is 94.7 Å². The largest absolute Gasteiger partial charge is 0.354 e. The van der Waals surface area contributed by atoms with Crippen LogP contribution in [0.3, 0.4) is 0 Å². The topological polar surface area (TPSA) is 12.0 Å². The summed E-state index contributed by atoms with van der Waals surface area (Å²) in [7, 11) is 0. The Morgan fingerprint density at radius 2 is 1.73 bits per heavy atom. The third kappa shape index (κ3) is 2.51. The monoisotopic (exact) mass is 217 g/mol. The van der Waals surface area contributed by atoms with Gasteiger partial charge < -0.3 is 5.32 Å². The maximum Gasteiger partial charge on any atom is 0.0643 e. The average Bonchev–Trinajstić information content (AvgIpc) is 2.24. The zero-order valence-electron chi connectivity index (χ0n) is 8.50. The van der Waals surface area contributed by atoms with E-state index < -0.39 is 0 Å². The Balaban J connectivity index is 2.25. The summed E-state index contributed by atoms with van der Waals surface area (Å²) < 4.78 is 0. The standard InChI is InChI=1S/C13H12ClN/c1-10-7-8-13(12(14)9-10)15-11-5-3-2-4-6-11/h2-9,15H,1H3. The number of anilines is 2. The van der Waals surface area contributed by atoms with Crippen LogP contribution in [0.5, 0.6) is 0 Å². The highest BCUT2D eigenvalue weighted by molar-refractivity contribution is 6.33. The normalized spacial score (nSPS) is 10.0. The molecule has 2 aromatic rings. The predicted octanol–water partition coefficient (Wildman–Crippen LogP) is 4.39.